The predicted octanol–water partition coefficient (Wildman–Crippen LogP) is 3.41. The maximum atomic E-state index is 13.5. The highest BCUT2D eigenvalue weighted by Gasteiger charge is 2.28. The van der Waals surface area contributed by atoms with E-state index in [0.29, 0.717) is 5.56 Å². The molecule has 0 aliphatic carbocycles. The van der Waals surface area contributed by atoms with Crippen LogP contribution in [0.4, 0.5) is 10.1 Å². The Morgan fingerprint density at radius 2 is 2.13 bits per heavy atom. The molecule has 1 heterocycles. The third-order valence-corrected chi connectivity index (χ3v) is 2.93. The highest BCUT2D eigenvalue weighted by atomic mass is 19.1. The Bertz CT molecular complexity index is 764. The first kappa shape index (κ1) is 16.3. The summed E-state index contributed by atoms with van der Waals surface area (Å²) in [5, 5.41) is 11.3. The molecule has 0 amide bonds. The van der Waals surface area contributed by atoms with Gasteiger partial charge in [0.05, 0.1) is 11.5 Å². The molecule has 0 unspecified atom stereocenters. The van der Waals surface area contributed by atoms with Crippen LogP contribution in [0.15, 0.2) is 30.5 Å². The topological polar surface area (TPSA) is 91.6 Å². The fourth-order valence-corrected chi connectivity index (χ4v) is 1.81. The van der Waals surface area contributed by atoms with E-state index in [4.69, 9.17) is 9.47 Å². The fraction of sp³-hybridized carbons (Fsp3) is 0.200. The molecule has 0 spiro atoms. The van der Waals surface area contributed by atoms with Crippen LogP contribution in [-0.2, 0) is 4.74 Å². The van der Waals surface area contributed by atoms with Crippen molar-refractivity contribution in [2.75, 3.05) is 6.61 Å². The maximum Gasteiger partial charge on any atom is 0.345 e. The lowest BCUT2D eigenvalue weighted by molar-refractivity contribution is -0.386. The van der Waals surface area contributed by atoms with Crippen molar-refractivity contribution in [3.8, 4) is 11.6 Å². The first-order chi connectivity index (χ1) is 10.9. The van der Waals surface area contributed by atoms with Crippen LogP contribution in [0.3, 0.4) is 0 Å². The predicted molar refractivity (Wildman–Crippen MR) is 78.1 cm³/mol. The number of aryl methyl sites for hydroxylation is 1. The molecule has 1 aromatic carbocycles. The minimum Gasteiger partial charge on any atom is -0.462 e. The Hall–Kier alpha value is -3.03. The Balaban J connectivity index is 2.45. The van der Waals surface area contributed by atoms with E-state index >= 15 is 0 Å². The molecule has 0 N–H and O–H groups in total. The lowest BCUT2D eigenvalue weighted by atomic mass is 10.2. The van der Waals surface area contributed by atoms with Crippen LogP contribution in [0, 0.1) is 22.9 Å². The summed E-state index contributed by atoms with van der Waals surface area (Å²) < 4.78 is 23.6. The van der Waals surface area contributed by atoms with E-state index in [2.05, 4.69) is 4.98 Å². The average molecular weight is 320 g/mol. The summed E-state index contributed by atoms with van der Waals surface area (Å²) in [6.07, 6.45) is 1.18. The van der Waals surface area contributed by atoms with Crippen molar-refractivity contribution in [2.24, 2.45) is 0 Å². The van der Waals surface area contributed by atoms with Crippen molar-refractivity contribution in [3.63, 3.8) is 0 Å². The second kappa shape index (κ2) is 6.82. The Morgan fingerprint density at radius 1 is 1.39 bits per heavy atom. The van der Waals surface area contributed by atoms with Gasteiger partial charge in [-0.2, -0.15) is 0 Å². The van der Waals surface area contributed by atoms with Crippen molar-refractivity contribution in [3.05, 3.63) is 57.5 Å². The van der Waals surface area contributed by atoms with Crippen LogP contribution >= 0.6 is 0 Å². The van der Waals surface area contributed by atoms with Gasteiger partial charge in [-0.15, -0.1) is 0 Å². The van der Waals surface area contributed by atoms with Crippen LogP contribution in [0.1, 0.15) is 22.8 Å². The van der Waals surface area contributed by atoms with Crippen LogP contribution in [0.25, 0.3) is 0 Å². The number of nitro groups is 1. The zero-order valence-corrected chi connectivity index (χ0v) is 12.4. The number of halogens is 1. The van der Waals surface area contributed by atoms with E-state index in [1.165, 1.54) is 24.4 Å². The standard InChI is InChI=1S/C15H13FN2O5/c1-3-22-15(19)11-6-7-17-14(13(11)18(20)21)23-10-5-4-9(2)12(16)8-10/h4-8H,3H2,1-2H3. The number of aromatic nitrogens is 1. The number of carbonyl (C=O) groups excluding carboxylic acids is 1. The normalized spacial score (nSPS) is 10.2. The van der Waals surface area contributed by atoms with Gasteiger partial charge in [0.2, 0.25) is 0 Å². The minimum atomic E-state index is -0.860. The van der Waals surface area contributed by atoms with Crippen LogP contribution in [-0.4, -0.2) is 22.5 Å². The van der Waals surface area contributed by atoms with Gasteiger partial charge in [-0.25, -0.2) is 14.2 Å². The quantitative estimate of drug-likeness (QED) is 0.476. The average Bonchev–Trinajstić information content (AvgIpc) is 2.50. The first-order valence-corrected chi connectivity index (χ1v) is 6.68. The molecule has 0 atom stereocenters. The van der Waals surface area contributed by atoms with E-state index < -0.39 is 28.3 Å². The zero-order valence-electron chi connectivity index (χ0n) is 12.4. The third-order valence-electron chi connectivity index (χ3n) is 2.93. The molecule has 23 heavy (non-hydrogen) atoms. The van der Waals surface area contributed by atoms with Crippen LogP contribution in [0.2, 0.25) is 0 Å². The summed E-state index contributed by atoms with van der Waals surface area (Å²) in [6, 6.07) is 5.16. The number of carbonyl (C=O) groups is 1. The van der Waals surface area contributed by atoms with Gasteiger partial charge in [-0.3, -0.25) is 10.1 Å². The summed E-state index contributed by atoms with van der Waals surface area (Å²) >= 11 is 0. The lowest BCUT2D eigenvalue weighted by Crippen LogP contribution is -2.09. The van der Waals surface area contributed by atoms with Gasteiger partial charge in [0.15, 0.2) is 0 Å². The molecule has 1 aromatic heterocycles. The zero-order chi connectivity index (χ0) is 17.0. The molecule has 0 fully saturated rings. The summed E-state index contributed by atoms with van der Waals surface area (Å²) in [5.74, 6) is -1.76. The molecular formula is C15H13FN2O5. The Kier molecular flexibility index (Phi) is 4.85. The maximum absolute atomic E-state index is 13.5. The molecule has 0 saturated carbocycles. The molecule has 0 aliphatic rings. The van der Waals surface area contributed by atoms with E-state index in [9.17, 15) is 19.3 Å². The molecule has 8 heteroatoms. The highest BCUT2D eigenvalue weighted by molar-refractivity contribution is 5.94. The molecule has 0 bridgehead atoms. The van der Waals surface area contributed by atoms with Crippen molar-refractivity contribution in [1.29, 1.82) is 0 Å². The van der Waals surface area contributed by atoms with E-state index in [0.717, 1.165) is 6.07 Å². The van der Waals surface area contributed by atoms with Crippen LogP contribution in [0.5, 0.6) is 11.6 Å². The van der Waals surface area contributed by atoms with Gasteiger partial charge in [-0.05, 0) is 31.5 Å². The number of pyridine rings is 1. The minimum absolute atomic E-state index is 0.0321. The number of rotatable bonds is 5. The second-order valence-electron chi connectivity index (χ2n) is 4.50. The smallest absolute Gasteiger partial charge is 0.345 e. The lowest BCUT2D eigenvalue weighted by Gasteiger charge is -2.08. The molecule has 0 aliphatic heterocycles. The number of ether oxygens (including phenoxy) is 2. The van der Waals surface area contributed by atoms with Crippen molar-refractivity contribution < 1.29 is 23.6 Å². The molecule has 2 rings (SSSR count). The van der Waals surface area contributed by atoms with Crippen LogP contribution < -0.4 is 4.74 Å². The summed E-state index contributed by atoms with van der Waals surface area (Å²) in [6.45, 7) is 3.22. The number of benzene rings is 1. The number of hydrogen-bond donors (Lipinski definition) is 0. The Morgan fingerprint density at radius 3 is 2.74 bits per heavy atom. The van der Waals surface area contributed by atoms with Crippen molar-refractivity contribution >= 4 is 11.7 Å². The summed E-state index contributed by atoms with van der Waals surface area (Å²) in [5.41, 5.74) is -0.513. The van der Waals surface area contributed by atoms with Gasteiger partial charge >= 0.3 is 17.5 Å². The van der Waals surface area contributed by atoms with E-state index in [-0.39, 0.29) is 17.9 Å². The van der Waals surface area contributed by atoms with E-state index in [1.54, 1.807) is 13.8 Å². The third kappa shape index (κ3) is 3.60. The molecular weight excluding hydrogens is 307 g/mol. The molecule has 2 aromatic rings. The first-order valence-electron chi connectivity index (χ1n) is 6.68. The SMILES string of the molecule is CCOC(=O)c1ccnc(Oc2ccc(C)c(F)c2)c1[N+](=O)[O-]. The number of nitrogens with zero attached hydrogens (tertiary/aromatic N) is 2. The largest absolute Gasteiger partial charge is 0.462 e. The molecule has 0 radical (unpaired) electrons. The van der Waals surface area contributed by atoms with E-state index in [1.807, 2.05) is 0 Å². The monoisotopic (exact) mass is 320 g/mol. The second-order valence-corrected chi connectivity index (χ2v) is 4.50. The van der Waals surface area contributed by atoms with Gasteiger partial charge in [-0.1, -0.05) is 6.07 Å². The fourth-order valence-electron chi connectivity index (χ4n) is 1.81. The summed E-state index contributed by atoms with van der Waals surface area (Å²) in [7, 11) is 0. The van der Waals surface area contributed by atoms with Gasteiger partial charge in [0.1, 0.15) is 17.1 Å². The van der Waals surface area contributed by atoms with Crippen molar-refractivity contribution in [1.82, 2.24) is 4.98 Å². The van der Waals surface area contributed by atoms with Gasteiger partial charge < -0.3 is 9.47 Å². The number of esters is 1. The molecule has 0 saturated heterocycles. The molecule has 7 nitrogen and oxygen atoms in total. The number of hydrogen-bond acceptors (Lipinski definition) is 6. The van der Waals surface area contributed by atoms with Crippen molar-refractivity contribution in [2.45, 2.75) is 13.8 Å². The molecule has 120 valence electrons. The Labute approximate surface area is 130 Å². The van der Waals surface area contributed by atoms with Gasteiger partial charge in [0.25, 0.3) is 0 Å². The highest BCUT2D eigenvalue weighted by Crippen LogP contribution is 2.33. The van der Waals surface area contributed by atoms with Gasteiger partial charge in [0, 0.05) is 12.3 Å². The summed E-state index contributed by atoms with van der Waals surface area (Å²) in [4.78, 5) is 26.0.